The summed E-state index contributed by atoms with van der Waals surface area (Å²) in [6.45, 7) is 6.41. The summed E-state index contributed by atoms with van der Waals surface area (Å²) < 4.78 is 13.6. The first kappa shape index (κ1) is 28.6. The first-order chi connectivity index (χ1) is 20.6. The molecule has 2 N–H and O–H groups in total. The molecule has 0 spiro atoms. The zero-order valence-electron chi connectivity index (χ0n) is 24.4. The van der Waals surface area contributed by atoms with E-state index < -0.39 is 0 Å². The first-order valence-electron chi connectivity index (χ1n) is 15.6. The molecule has 3 aromatic rings. The van der Waals surface area contributed by atoms with Gasteiger partial charge in [-0.1, -0.05) is 56.0 Å². The number of halogens is 1. The number of thiocarbonyl (C=S) groups is 1. The third-order valence-corrected chi connectivity index (χ3v) is 9.43. The molecule has 1 aliphatic carbocycles. The van der Waals surface area contributed by atoms with Crippen LogP contribution in [0.4, 0.5) is 27.7 Å². The second-order valence-electron chi connectivity index (χ2n) is 11.9. The topological polar surface area (TPSA) is 59.6 Å². The molecule has 1 saturated carbocycles. The molecular formula is C33H42FN7S. The van der Waals surface area contributed by atoms with E-state index in [9.17, 15) is 4.39 Å². The molecule has 0 bridgehead atoms. The molecule has 2 aliphatic heterocycles. The summed E-state index contributed by atoms with van der Waals surface area (Å²) in [6, 6.07) is 19.8. The minimum absolute atomic E-state index is 0.0439. The highest BCUT2D eigenvalue weighted by Gasteiger charge is 2.35. The zero-order valence-corrected chi connectivity index (χ0v) is 25.2. The van der Waals surface area contributed by atoms with Gasteiger partial charge in [-0.25, -0.2) is 4.39 Å². The van der Waals surface area contributed by atoms with Crippen molar-refractivity contribution in [3.63, 3.8) is 0 Å². The van der Waals surface area contributed by atoms with Crippen LogP contribution in [0.3, 0.4) is 0 Å². The molecule has 3 aliphatic rings. The average Bonchev–Trinajstić information content (AvgIpc) is 3.35. The van der Waals surface area contributed by atoms with E-state index in [1.54, 1.807) is 12.1 Å². The molecule has 6 rings (SSSR count). The predicted octanol–water partition coefficient (Wildman–Crippen LogP) is 6.12. The maximum absolute atomic E-state index is 13.6. The van der Waals surface area contributed by atoms with Gasteiger partial charge in [-0.05, 0) is 67.7 Å². The molecule has 222 valence electrons. The highest BCUT2D eigenvalue weighted by molar-refractivity contribution is 7.80. The van der Waals surface area contributed by atoms with Crippen molar-refractivity contribution in [1.29, 1.82) is 0 Å². The molecule has 3 heterocycles. The molecule has 2 saturated heterocycles. The Kier molecular flexibility index (Phi) is 9.03. The van der Waals surface area contributed by atoms with Gasteiger partial charge in [0.05, 0.1) is 0 Å². The number of anilines is 4. The lowest BCUT2D eigenvalue weighted by Gasteiger charge is -2.37. The molecule has 7 nitrogen and oxygen atoms in total. The van der Waals surface area contributed by atoms with Crippen molar-refractivity contribution >= 4 is 40.6 Å². The van der Waals surface area contributed by atoms with Crippen LogP contribution in [-0.4, -0.2) is 60.9 Å². The Hall–Kier alpha value is -3.46. The quantitative estimate of drug-likeness (QED) is 0.321. The van der Waals surface area contributed by atoms with E-state index in [0.717, 1.165) is 63.7 Å². The van der Waals surface area contributed by atoms with Crippen LogP contribution in [0.25, 0.3) is 0 Å². The second-order valence-corrected chi connectivity index (χ2v) is 12.3. The average molecular weight is 588 g/mol. The number of nitrogens with one attached hydrogen (secondary N) is 2. The van der Waals surface area contributed by atoms with Crippen LogP contribution < -0.4 is 25.3 Å². The van der Waals surface area contributed by atoms with Gasteiger partial charge in [-0.3, -0.25) is 0 Å². The number of hydrogen-bond donors (Lipinski definition) is 2. The van der Waals surface area contributed by atoms with Crippen LogP contribution in [0.15, 0.2) is 60.7 Å². The van der Waals surface area contributed by atoms with E-state index in [-0.39, 0.29) is 11.2 Å². The van der Waals surface area contributed by atoms with Gasteiger partial charge >= 0.3 is 0 Å². The number of aromatic nitrogens is 2. The van der Waals surface area contributed by atoms with Gasteiger partial charge in [-0.15, -0.1) is 0 Å². The Balaban J connectivity index is 1.17. The standard InChI is InChI=1S/C33H42FN7S/c34-27-14-12-26(13-15-27)33(16-6-7-17-33)25-35-32(42)38-31-36-29(40-18-8-1-2-9-19-40)24-30(37-31)41-22-20-39(21-23-41)28-10-4-3-5-11-28/h3-5,10-15,24H,1-2,6-9,16-23,25H2,(H2,35,36,37,38,42). The molecule has 2 aromatic carbocycles. The van der Waals surface area contributed by atoms with Gasteiger partial charge in [0, 0.05) is 63.0 Å². The molecular weight excluding hydrogens is 545 g/mol. The fraction of sp³-hybridized carbons (Fsp3) is 0.485. The Morgan fingerprint density at radius 1 is 0.738 bits per heavy atom. The van der Waals surface area contributed by atoms with E-state index in [1.807, 2.05) is 12.1 Å². The molecule has 1 aromatic heterocycles. The Bertz CT molecular complexity index is 1310. The van der Waals surface area contributed by atoms with E-state index in [0.29, 0.717) is 17.6 Å². The van der Waals surface area contributed by atoms with Crippen LogP contribution in [0.5, 0.6) is 0 Å². The highest BCUT2D eigenvalue weighted by Crippen LogP contribution is 2.40. The lowest BCUT2D eigenvalue weighted by atomic mass is 9.79. The predicted molar refractivity (Wildman–Crippen MR) is 174 cm³/mol. The lowest BCUT2D eigenvalue weighted by molar-refractivity contribution is 0.434. The fourth-order valence-electron chi connectivity index (χ4n) is 6.75. The smallest absolute Gasteiger partial charge is 0.232 e. The summed E-state index contributed by atoms with van der Waals surface area (Å²) in [5.41, 5.74) is 2.40. The Morgan fingerprint density at radius 2 is 1.33 bits per heavy atom. The normalized spacial score (nSPS) is 18.9. The minimum Gasteiger partial charge on any atom is -0.368 e. The van der Waals surface area contributed by atoms with Gasteiger partial charge in [0.1, 0.15) is 17.5 Å². The van der Waals surface area contributed by atoms with Crippen molar-refractivity contribution in [2.75, 3.05) is 65.8 Å². The molecule has 0 atom stereocenters. The van der Waals surface area contributed by atoms with E-state index in [2.05, 4.69) is 61.7 Å². The van der Waals surface area contributed by atoms with Gasteiger partial charge < -0.3 is 25.3 Å². The summed E-state index contributed by atoms with van der Waals surface area (Å²) in [7, 11) is 0. The number of nitrogens with zero attached hydrogens (tertiary/aromatic N) is 5. The van der Waals surface area contributed by atoms with E-state index in [4.69, 9.17) is 22.2 Å². The maximum Gasteiger partial charge on any atom is 0.232 e. The molecule has 3 fully saturated rings. The van der Waals surface area contributed by atoms with Crippen molar-refractivity contribution in [3.8, 4) is 0 Å². The van der Waals surface area contributed by atoms with Gasteiger partial charge in [0.15, 0.2) is 5.11 Å². The van der Waals surface area contributed by atoms with Gasteiger partial charge in [0.25, 0.3) is 0 Å². The SMILES string of the molecule is Fc1ccc(C2(CNC(=S)Nc3nc(N4CCCCCC4)cc(N4CCN(c5ccccc5)CC4)n3)CCCC2)cc1. The Labute approximate surface area is 254 Å². The largest absolute Gasteiger partial charge is 0.368 e. The molecule has 42 heavy (non-hydrogen) atoms. The van der Waals surface area contributed by atoms with E-state index >= 15 is 0 Å². The summed E-state index contributed by atoms with van der Waals surface area (Å²) >= 11 is 5.79. The number of hydrogen-bond acceptors (Lipinski definition) is 6. The van der Waals surface area contributed by atoms with Crippen molar-refractivity contribution in [2.45, 2.75) is 56.8 Å². The van der Waals surface area contributed by atoms with Crippen molar-refractivity contribution in [1.82, 2.24) is 15.3 Å². The summed E-state index contributed by atoms with van der Waals surface area (Å²) in [5.74, 6) is 2.25. The molecule has 0 unspecified atom stereocenters. The third kappa shape index (κ3) is 6.77. The molecule has 0 radical (unpaired) electrons. The van der Waals surface area contributed by atoms with Gasteiger partial charge in [0.2, 0.25) is 5.95 Å². The van der Waals surface area contributed by atoms with Crippen LogP contribution in [0, 0.1) is 5.82 Å². The molecule has 0 amide bonds. The minimum atomic E-state index is -0.198. The second kappa shape index (κ2) is 13.2. The van der Waals surface area contributed by atoms with Gasteiger partial charge in [-0.2, -0.15) is 9.97 Å². The monoisotopic (exact) mass is 587 g/mol. The first-order valence-corrected chi connectivity index (χ1v) is 16.0. The van der Waals surface area contributed by atoms with Crippen LogP contribution >= 0.6 is 12.2 Å². The summed E-state index contributed by atoms with van der Waals surface area (Å²) in [4.78, 5) is 17.1. The zero-order chi connectivity index (χ0) is 28.8. The summed E-state index contributed by atoms with van der Waals surface area (Å²) in [5, 5.41) is 7.32. The number of para-hydroxylation sites is 1. The highest BCUT2D eigenvalue weighted by atomic mass is 32.1. The Morgan fingerprint density at radius 3 is 1.98 bits per heavy atom. The fourth-order valence-corrected chi connectivity index (χ4v) is 6.92. The third-order valence-electron chi connectivity index (χ3n) is 9.18. The number of piperazine rings is 1. The lowest BCUT2D eigenvalue weighted by Crippen LogP contribution is -2.47. The van der Waals surface area contributed by atoms with Crippen LogP contribution in [0.1, 0.15) is 56.9 Å². The number of benzene rings is 2. The van der Waals surface area contributed by atoms with Crippen LogP contribution in [-0.2, 0) is 5.41 Å². The number of rotatable bonds is 7. The molecule has 9 heteroatoms. The van der Waals surface area contributed by atoms with Crippen molar-refractivity contribution in [3.05, 3.63) is 72.0 Å². The van der Waals surface area contributed by atoms with Crippen molar-refractivity contribution < 1.29 is 4.39 Å². The van der Waals surface area contributed by atoms with Crippen LogP contribution in [0.2, 0.25) is 0 Å². The van der Waals surface area contributed by atoms with E-state index in [1.165, 1.54) is 49.8 Å². The van der Waals surface area contributed by atoms with Crippen molar-refractivity contribution in [2.24, 2.45) is 0 Å². The summed E-state index contributed by atoms with van der Waals surface area (Å²) in [6.07, 6.45) is 9.37. The maximum atomic E-state index is 13.6.